The molecule has 0 bridgehead atoms. The third-order valence-electron chi connectivity index (χ3n) is 7.39. The highest BCUT2D eigenvalue weighted by atomic mass is 35.5. The van der Waals surface area contributed by atoms with Crippen LogP contribution in [-0.2, 0) is 16.0 Å². The van der Waals surface area contributed by atoms with Crippen LogP contribution in [0.1, 0.15) is 38.7 Å². The maximum Gasteiger partial charge on any atom is 0.227 e. The summed E-state index contributed by atoms with van der Waals surface area (Å²) in [5.41, 5.74) is 0.748. The minimum Gasteiger partial charge on any atom is -0.350 e. The van der Waals surface area contributed by atoms with Crippen molar-refractivity contribution in [3.63, 3.8) is 0 Å². The number of nitrogens with one attached hydrogen (secondary N) is 1. The number of hydrogen-bond donors (Lipinski definition) is 1. The molecule has 0 aliphatic carbocycles. The number of amides is 2. The lowest BCUT2D eigenvalue weighted by Crippen LogP contribution is -2.56. The quantitative estimate of drug-likeness (QED) is 0.801. The highest BCUT2D eigenvalue weighted by Gasteiger charge is 2.57. The normalized spacial score (nSPS) is 27.1. The van der Waals surface area contributed by atoms with Gasteiger partial charge in [0.05, 0.1) is 12.3 Å². The molecule has 2 amide bonds. The van der Waals surface area contributed by atoms with Gasteiger partial charge in [0.1, 0.15) is 0 Å². The summed E-state index contributed by atoms with van der Waals surface area (Å²) in [6, 6.07) is 7.54. The lowest BCUT2D eigenvalue weighted by atomic mass is 9.75. The minimum absolute atomic E-state index is 0.115. The summed E-state index contributed by atoms with van der Waals surface area (Å²) in [4.78, 5) is 29.9. The van der Waals surface area contributed by atoms with Crippen LogP contribution in [-0.4, -0.2) is 59.9 Å². The number of hydrogen-bond acceptors (Lipinski definition) is 3. The van der Waals surface area contributed by atoms with Crippen LogP contribution in [0.15, 0.2) is 24.3 Å². The Kier molecular flexibility index (Phi) is 5.90. The van der Waals surface area contributed by atoms with E-state index in [0.29, 0.717) is 36.4 Å². The van der Waals surface area contributed by atoms with Crippen molar-refractivity contribution < 1.29 is 9.59 Å². The number of benzene rings is 1. The summed E-state index contributed by atoms with van der Waals surface area (Å²) in [6.07, 6.45) is 3.22. The van der Waals surface area contributed by atoms with Crippen molar-refractivity contribution in [1.82, 2.24) is 15.1 Å². The number of halogens is 1. The molecule has 29 heavy (non-hydrogen) atoms. The first-order valence-corrected chi connectivity index (χ1v) is 11.3. The minimum atomic E-state index is -0.132. The van der Waals surface area contributed by atoms with E-state index in [0.717, 1.165) is 38.0 Å². The zero-order valence-electron chi connectivity index (χ0n) is 17.5. The predicted molar refractivity (Wildman–Crippen MR) is 115 cm³/mol. The maximum atomic E-state index is 12.8. The fourth-order valence-corrected chi connectivity index (χ4v) is 5.63. The van der Waals surface area contributed by atoms with Gasteiger partial charge in [-0.3, -0.25) is 9.59 Å². The third-order valence-corrected chi connectivity index (χ3v) is 7.76. The second-order valence-electron chi connectivity index (χ2n) is 9.24. The summed E-state index contributed by atoms with van der Waals surface area (Å²) in [6.45, 7) is 8.89. The van der Waals surface area contributed by atoms with E-state index in [4.69, 9.17) is 11.6 Å². The molecule has 1 aromatic rings. The van der Waals surface area contributed by atoms with Gasteiger partial charge >= 0.3 is 0 Å². The van der Waals surface area contributed by atoms with Crippen molar-refractivity contribution in [3.8, 4) is 0 Å². The van der Waals surface area contributed by atoms with Crippen LogP contribution >= 0.6 is 11.6 Å². The third kappa shape index (κ3) is 4.04. The van der Waals surface area contributed by atoms with Gasteiger partial charge < -0.3 is 15.1 Å². The van der Waals surface area contributed by atoms with Gasteiger partial charge in [-0.1, -0.05) is 50.1 Å². The smallest absolute Gasteiger partial charge is 0.227 e. The largest absolute Gasteiger partial charge is 0.350 e. The highest BCUT2D eigenvalue weighted by molar-refractivity contribution is 6.31. The molecule has 6 heteroatoms. The fourth-order valence-electron chi connectivity index (χ4n) is 5.43. The van der Waals surface area contributed by atoms with Gasteiger partial charge in [0.25, 0.3) is 0 Å². The van der Waals surface area contributed by atoms with Crippen LogP contribution < -0.4 is 5.32 Å². The van der Waals surface area contributed by atoms with E-state index in [-0.39, 0.29) is 23.3 Å². The zero-order chi connectivity index (χ0) is 20.6. The Morgan fingerprint density at radius 2 is 2.00 bits per heavy atom. The Morgan fingerprint density at radius 3 is 2.69 bits per heavy atom. The molecule has 1 N–H and O–H groups in total. The molecule has 3 fully saturated rings. The SMILES string of the molecule is CCC(C)CN1C[C@H]2C(=O)NC3(CCN(C(=O)Cc4ccccc4Cl)CC3)[C@H]2C1. The van der Waals surface area contributed by atoms with Gasteiger partial charge in [-0.15, -0.1) is 0 Å². The molecule has 3 aliphatic heterocycles. The molecule has 1 spiro atoms. The molecule has 3 heterocycles. The van der Waals surface area contributed by atoms with Crippen LogP contribution in [0.2, 0.25) is 5.02 Å². The Hall–Kier alpha value is -1.59. The van der Waals surface area contributed by atoms with Gasteiger partial charge in [0.15, 0.2) is 0 Å². The first-order valence-electron chi connectivity index (χ1n) is 11.0. The van der Waals surface area contributed by atoms with Crippen molar-refractivity contribution >= 4 is 23.4 Å². The van der Waals surface area contributed by atoms with E-state index >= 15 is 0 Å². The lowest BCUT2D eigenvalue weighted by molar-refractivity contribution is -0.132. The van der Waals surface area contributed by atoms with Gasteiger partial charge in [-0.05, 0) is 30.4 Å². The standard InChI is InChI=1S/C23H32ClN3O2/c1-3-16(2)13-26-14-18-19(15-26)23(25-22(18)29)8-10-27(11-9-23)21(28)12-17-6-4-5-7-20(17)24/h4-7,16,18-19H,3,8-15H2,1-2H3,(H,25,29)/t16?,18-,19+/m1/s1. The molecule has 0 aromatic heterocycles. The second-order valence-corrected chi connectivity index (χ2v) is 9.65. The molecule has 0 saturated carbocycles. The predicted octanol–water partition coefficient (Wildman–Crippen LogP) is 2.97. The van der Waals surface area contributed by atoms with Crippen LogP contribution in [0.25, 0.3) is 0 Å². The van der Waals surface area contributed by atoms with Gasteiger partial charge in [0.2, 0.25) is 11.8 Å². The number of piperidine rings is 1. The van der Waals surface area contributed by atoms with E-state index < -0.39 is 0 Å². The van der Waals surface area contributed by atoms with E-state index in [1.807, 2.05) is 29.2 Å². The van der Waals surface area contributed by atoms with Gasteiger partial charge in [-0.2, -0.15) is 0 Å². The second kappa shape index (κ2) is 8.27. The molecular formula is C23H32ClN3O2. The summed E-state index contributed by atoms with van der Waals surface area (Å²) < 4.78 is 0. The Bertz CT molecular complexity index is 775. The first-order chi connectivity index (χ1) is 13.9. The lowest BCUT2D eigenvalue weighted by Gasteiger charge is -2.43. The zero-order valence-corrected chi connectivity index (χ0v) is 18.3. The Morgan fingerprint density at radius 1 is 1.28 bits per heavy atom. The molecule has 1 aromatic carbocycles. The monoisotopic (exact) mass is 417 g/mol. The number of nitrogens with zero attached hydrogens (tertiary/aromatic N) is 2. The molecule has 3 aliphatic rings. The number of fused-ring (bicyclic) bond motifs is 2. The highest BCUT2D eigenvalue weighted by Crippen LogP contribution is 2.44. The van der Waals surface area contributed by atoms with Crippen molar-refractivity contribution in [1.29, 1.82) is 0 Å². The van der Waals surface area contributed by atoms with Crippen molar-refractivity contribution in [3.05, 3.63) is 34.9 Å². The molecule has 3 saturated heterocycles. The van der Waals surface area contributed by atoms with Crippen molar-refractivity contribution in [2.75, 3.05) is 32.7 Å². The molecule has 158 valence electrons. The van der Waals surface area contributed by atoms with Crippen molar-refractivity contribution in [2.24, 2.45) is 17.8 Å². The molecule has 4 rings (SSSR count). The summed E-state index contributed by atoms with van der Waals surface area (Å²) in [7, 11) is 0. The van der Waals surface area contributed by atoms with Crippen molar-refractivity contribution in [2.45, 2.75) is 45.1 Å². The summed E-state index contributed by atoms with van der Waals surface area (Å²) in [5.74, 6) is 1.50. The summed E-state index contributed by atoms with van der Waals surface area (Å²) >= 11 is 6.22. The van der Waals surface area contributed by atoms with Crippen LogP contribution in [0.4, 0.5) is 0 Å². The number of likely N-dealkylation sites (tertiary alicyclic amines) is 2. The Balaban J connectivity index is 1.37. The van der Waals surface area contributed by atoms with Gasteiger partial charge in [0, 0.05) is 49.2 Å². The topological polar surface area (TPSA) is 52.7 Å². The molecule has 1 unspecified atom stereocenters. The summed E-state index contributed by atoms with van der Waals surface area (Å²) in [5, 5.41) is 4.00. The Labute approximate surface area is 178 Å². The molecule has 0 radical (unpaired) electrons. The molecule has 3 atom stereocenters. The van der Waals surface area contributed by atoms with Crippen LogP contribution in [0.5, 0.6) is 0 Å². The maximum absolute atomic E-state index is 12.8. The van der Waals surface area contributed by atoms with E-state index in [2.05, 4.69) is 24.1 Å². The fraction of sp³-hybridized carbons (Fsp3) is 0.652. The van der Waals surface area contributed by atoms with Gasteiger partial charge in [-0.25, -0.2) is 0 Å². The number of rotatable bonds is 5. The first kappa shape index (κ1) is 20.7. The number of carbonyl (C=O) groups excluding carboxylic acids is 2. The van der Waals surface area contributed by atoms with Crippen LogP contribution in [0, 0.1) is 17.8 Å². The average molecular weight is 418 g/mol. The average Bonchev–Trinajstić information content (AvgIpc) is 3.23. The van der Waals surface area contributed by atoms with Crippen LogP contribution in [0.3, 0.4) is 0 Å². The van der Waals surface area contributed by atoms with E-state index in [1.165, 1.54) is 6.42 Å². The number of carbonyl (C=O) groups is 2. The van der Waals surface area contributed by atoms with E-state index in [1.54, 1.807) is 0 Å². The molecular weight excluding hydrogens is 386 g/mol. The van der Waals surface area contributed by atoms with E-state index in [9.17, 15) is 9.59 Å². The molecule has 5 nitrogen and oxygen atoms in total.